The standard InChI is InChI=1S/C24H21N7O/c1-14(30-23-21-22(27-12-26-21)28-13-29-23)19-10-15-4-2-6-18(16-5-3-9-25-11-16)20(15)24(32)31(19)17-7-8-17/h2-6,9-14,17H,7-8H2,1H3,(H2,26,27,28,29,30). The van der Waals surface area contributed by atoms with Crippen LogP contribution in [0.1, 0.15) is 37.5 Å². The van der Waals surface area contributed by atoms with Gasteiger partial charge in [-0.15, -0.1) is 0 Å². The van der Waals surface area contributed by atoms with Crippen molar-refractivity contribution in [2.24, 2.45) is 0 Å². The van der Waals surface area contributed by atoms with Crippen LogP contribution >= 0.6 is 0 Å². The lowest BCUT2D eigenvalue weighted by atomic mass is 9.99. The van der Waals surface area contributed by atoms with Gasteiger partial charge in [0, 0.05) is 29.7 Å². The second kappa shape index (κ2) is 7.26. The van der Waals surface area contributed by atoms with Crippen LogP contribution in [0.5, 0.6) is 0 Å². The van der Waals surface area contributed by atoms with Crippen molar-refractivity contribution in [1.82, 2.24) is 29.5 Å². The number of imidazole rings is 1. The van der Waals surface area contributed by atoms with E-state index >= 15 is 0 Å². The fourth-order valence-corrected chi connectivity index (χ4v) is 4.35. The van der Waals surface area contributed by atoms with Crippen molar-refractivity contribution in [1.29, 1.82) is 0 Å². The Morgan fingerprint density at radius 2 is 2.06 bits per heavy atom. The molecule has 8 heteroatoms. The third-order valence-electron chi connectivity index (χ3n) is 6.02. The van der Waals surface area contributed by atoms with Gasteiger partial charge in [-0.3, -0.25) is 9.78 Å². The zero-order chi connectivity index (χ0) is 21.7. The quantitative estimate of drug-likeness (QED) is 0.438. The molecule has 1 aliphatic rings. The molecule has 1 saturated carbocycles. The molecule has 32 heavy (non-hydrogen) atoms. The number of aromatic amines is 1. The fourth-order valence-electron chi connectivity index (χ4n) is 4.35. The molecule has 1 aromatic carbocycles. The zero-order valence-corrected chi connectivity index (χ0v) is 17.5. The monoisotopic (exact) mass is 423 g/mol. The second-order valence-corrected chi connectivity index (χ2v) is 8.18. The molecule has 0 bridgehead atoms. The first-order chi connectivity index (χ1) is 15.7. The highest BCUT2D eigenvalue weighted by Crippen LogP contribution is 2.38. The molecule has 0 saturated heterocycles. The topological polar surface area (TPSA) is 101 Å². The van der Waals surface area contributed by atoms with Gasteiger partial charge in [-0.2, -0.15) is 0 Å². The largest absolute Gasteiger partial charge is 0.360 e. The normalized spacial score (nSPS) is 14.7. The molecule has 1 unspecified atom stereocenters. The molecule has 4 heterocycles. The highest BCUT2D eigenvalue weighted by molar-refractivity contribution is 5.96. The van der Waals surface area contributed by atoms with Gasteiger partial charge in [0.25, 0.3) is 5.56 Å². The van der Waals surface area contributed by atoms with Crippen molar-refractivity contribution < 1.29 is 0 Å². The lowest BCUT2D eigenvalue weighted by molar-refractivity contribution is 0.636. The molecule has 0 aliphatic heterocycles. The number of hydrogen-bond donors (Lipinski definition) is 2. The summed E-state index contributed by atoms with van der Waals surface area (Å²) in [6.45, 7) is 2.05. The predicted molar refractivity (Wildman–Crippen MR) is 123 cm³/mol. The molecular weight excluding hydrogens is 402 g/mol. The first kappa shape index (κ1) is 18.7. The molecule has 0 spiro atoms. The summed E-state index contributed by atoms with van der Waals surface area (Å²) in [5.41, 5.74) is 4.20. The van der Waals surface area contributed by atoms with E-state index in [1.54, 1.807) is 18.7 Å². The average molecular weight is 423 g/mol. The Hall–Kier alpha value is -4.07. The van der Waals surface area contributed by atoms with Gasteiger partial charge in [0.1, 0.15) is 11.8 Å². The van der Waals surface area contributed by atoms with Gasteiger partial charge in [-0.25, -0.2) is 15.0 Å². The molecule has 0 radical (unpaired) electrons. The maximum atomic E-state index is 13.8. The Balaban J connectivity index is 1.51. The molecule has 5 aromatic rings. The predicted octanol–water partition coefficient (Wildman–Crippen LogP) is 4.24. The minimum atomic E-state index is -0.142. The Morgan fingerprint density at radius 1 is 1.16 bits per heavy atom. The number of H-pyrrole nitrogens is 1. The lowest BCUT2D eigenvalue weighted by Crippen LogP contribution is -2.26. The Morgan fingerprint density at radius 3 is 2.88 bits per heavy atom. The van der Waals surface area contributed by atoms with Gasteiger partial charge in [0.2, 0.25) is 0 Å². The molecule has 158 valence electrons. The number of rotatable bonds is 5. The van der Waals surface area contributed by atoms with Crippen molar-refractivity contribution >= 4 is 27.8 Å². The van der Waals surface area contributed by atoms with Gasteiger partial charge in [-0.1, -0.05) is 24.3 Å². The van der Waals surface area contributed by atoms with Crippen LogP contribution in [0.4, 0.5) is 5.82 Å². The van der Waals surface area contributed by atoms with E-state index < -0.39 is 0 Å². The smallest absolute Gasteiger partial charge is 0.259 e. The molecule has 0 amide bonds. The molecule has 4 aromatic heterocycles. The first-order valence-electron chi connectivity index (χ1n) is 10.7. The number of nitrogens with one attached hydrogen (secondary N) is 2. The van der Waals surface area contributed by atoms with Gasteiger partial charge in [0.05, 0.1) is 17.8 Å². The third-order valence-corrected chi connectivity index (χ3v) is 6.02. The zero-order valence-electron chi connectivity index (χ0n) is 17.5. The summed E-state index contributed by atoms with van der Waals surface area (Å²) in [5, 5.41) is 5.12. The molecule has 1 atom stereocenters. The molecule has 1 fully saturated rings. The third kappa shape index (κ3) is 3.03. The van der Waals surface area contributed by atoms with Gasteiger partial charge in [0.15, 0.2) is 11.5 Å². The van der Waals surface area contributed by atoms with Crippen molar-refractivity contribution in [3.05, 3.63) is 77.5 Å². The van der Waals surface area contributed by atoms with Crippen molar-refractivity contribution in [3.63, 3.8) is 0 Å². The maximum Gasteiger partial charge on any atom is 0.259 e. The molecule has 8 nitrogen and oxygen atoms in total. The summed E-state index contributed by atoms with van der Waals surface area (Å²) in [6, 6.07) is 12.1. The number of fused-ring (bicyclic) bond motifs is 2. The van der Waals surface area contributed by atoms with E-state index in [4.69, 9.17) is 0 Å². The highest BCUT2D eigenvalue weighted by Gasteiger charge is 2.30. The van der Waals surface area contributed by atoms with Crippen LogP contribution in [0.3, 0.4) is 0 Å². The molecule has 6 rings (SSSR count). The summed E-state index contributed by atoms with van der Waals surface area (Å²) in [6.07, 6.45) is 8.67. The maximum absolute atomic E-state index is 13.8. The van der Waals surface area contributed by atoms with Crippen molar-refractivity contribution in [3.8, 4) is 11.1 Å². The summed E-state index contributed by atoms with van der Waals surface area (Å²) in [7, 11) is 0. The number of nitrogens with zero attached hydrogens (tertiary/aromatic N) is 5. The molecule has 2 N–H and O–H groups in total. The van der Waals surface area contributed by atoms with E-state index in [1.807, 2.05) is 34.9 Å². The summed E-state index contributed by atoms with van der Waals surface area (Å²) in [4.78, 5) is 33.9. The molecular formula is C24H21N7O. The van der Waals surface area contributed by atoms with Gasteiger partial charge < -0.3 is 14.9 Å². The fraction of sp³-hybridized carbons (Fsp3) is 0.208. The highest BCUT2D eigenvalue weighted by atomic mass is 16.1. The Bertz CT molecular complexity index is 1500. The Labute approximate surface area is 183 Å². The van der Waals surface area contributed by atoms with E-state index in [1.165, 1.54) is 6.33 Å². The first-order valence-corrected chi connectivity index (χ1v) is 10.7. The van der Waals surface area contributed by atoms with E-state index in [0.717, 1.165) is 46.0 Å². The summed E-state index contributed by atoms with van der Waals surface area (Å²) >= 11 is 0. The van der Waals surface area contributed by atoms with Crippen LogP contribution in [0.25, 0.3) is 33.1 Å². The summed E-state index contributed by atoms with van der Waals surface area (Å²) in [5.74, 6) is 0.666. The van der Waals surface area contributed by atoms with Crippen LogP contribution in [0.15, 0.2) is 66.2 Å². The van der Waals surface area contributed by atoms with E-state index in [-0.39, 0.29) is 17.6 Å². The van der Waals surface area contributed by atoms with E-state index in [0.29, 0.717) is 11.5 Å². The number of aromatic nitrogens is 6. The van der Waals surface area contributed by atoms with Gasteiger partial charge in [-0.05, 0) is 42.8 Å². The van der Waals surface area contributed by atoms with E-state index in [2.05, 4.69) is 43.2 Å². The van der Waals surface area contributed by atoms with Crippen LogP contribution in [-0.2, 0) is 0 Å². The van der Waals surface area contributed by atoms with Gasteiger partial charge >= 0.3 is 0 Å². The second-order valence-electron chi connectivity index (χ2n) is 8.18. The number of benzene rings is 1. The molecule has 1 aliphatic carbocycles. The minimum Gasteiger partial charge on any atom is -0.360 e. The number of pyridine rings is 2. The summed E-state index contributed by atoms with van der Waals surface area (Å²) < 4.78 is 1.96. The van der Waals surface area contributed by atoms with E-state index in [9.17, 15) is 4.79 Å². The minimum absolute atomic E-state index is 0.0440. The van der Waals surface area contributed by atoms with Crippen LogP contribution in [0.2, 0.25) is 0 Å². The van der Waals surface area contributed by atoms with Crippen LogP contribution in [-0.4, -0.2) is 29.5 Å². The lowest BCUT2D eigenvalue weighted by Gasteiger charge is -2.22. The van der Waals surface area contributed by atoms with Crippen LogP contribution < -0.4 is 10.9 Å². The number of anilines is 1. The van der Waals surface area contributed by atoms with Crippen molar-refractivity contribution in [2.45, 2.75) is 31.8 Å². The van der Waals surface area contributed by atoms with Crippen LogP contribution in [0, 0.1) is 0 Å². The van der Waals surface area contributed by atoms with Crippen molar-refractivity contribution in [2.75, 3.05) is 5.32 Å². The number of hydrogen-bond acceptors (Lipinski definition) is 6. The Kier molecular flexibility index (Phi) is 4.24. The average Bonchev–Trinajstić information content (AvgIpc) is 3.54. The SMILES string of the molecule is CC(Nc1ncnc2nc[nH]c12)c1cc2cccc(-c3cccnc3)c2c(=O)n1C1CC1.